The second-order valence-corrected chi connectivity index (χ2v) is 9.92. The average molecular weight is 385 g/mol. The van der Waals surface area contributed by atoms with Gasteiger partial charge in [-0.25, -0.2) is 13.2 Å². The van der Waals surface area contributed by atoms with Crippen LogP contribution >= 0.6 is 0 Å². The van der Waals surface area contributed by atoms with E-state index in [0.29, 0.717) is 6.54 Å². The maximum absolute atomic E-state index is 13.3. The maximum atomic E-state index is 13.3. The molecule has 2 amide bonds. The second-order valence-electron chi connectivity index (χ2n) is 7.76. The van der Waals surface area contributed by atoms with Crippen LogP contribution in [0.3, 0.4) is 0 Å². The number of nitrogens with zero attached hydrogens (tertiary/aromatic N) is 2. The lowest BCUT2D eigenvalue weighted by Crippen LogP contribution is -2.37. The van der Waals surface area contributed by atoms with Crippen LogP contribution in [-0.2, 0) is 16.4 Å². The summed E-state index contributed by atoms with van der Waals surface area (Å²) in [6, 6.07) is 13.2. The number of aryl methyl sites for hydroxylation is 3. The SMILES string of the molecule is Cc1cc(C)cc(N2C(=O)N(Cc3ccccc3C)[C@H]3CS(=O)(=O)C[C@@H]32)c1. The molecule has 0 N–H and O–H groups in total. The number of hydrogen-bond donors (Lipinski definition) is 0. The number of benzene rings is 2. The number of sulfone groups is 1. The summed E-state index contributed by atoms with van der Waals surface area (Å²) in [5, 5.41) is 0. The number of carbonyl (C=O) groups excluding carboxylic acids is 1. The fourth-order valence-electron chi connectivity index (χ4n) is 4.32. The van der Waals surface area contributed by atoms with Crippen molar-refractivity contribution in [2.45, 2.75) is 39.4 Å². The van der Waals surface area contributed by atoms with Crippen LogP contribution in [0.2, 0.25) is 0 Å². The molecule has 0 spiro atoms. The van der Waals surface area contributed by atoms with Crippen LogP contribution in [-0.4, -0.2) is 42.9 Å². The molecule has 5 nitrogen and oxygen atoms in total. The van der Waals surface area contributed by atoms with Gasteiger partial charge in [-0.3, -0.25) is 4.90 Å². The number of urea groups is 1. The minimum atomic E-state index is -3.16. The highest BCUT2D eigenvalue weighted by atomic mass is 32.2. The zero-order valence-corrected chi connectivity index (χ0v) is 16.7. The van der Waals surface area contributed by atoms with Crippen LogP contribution in [0.15, 0.2) is 42.5 Å². The molecule has 2 heterocycles. The number of amides is 2. The van der Waals surface area contributed by atoms with E-state index in [2.05, 4.69) is 6.07 Å². The maximum Gasteiger partial charge on any atom is 0.325 e. The van der Waals surface area contributed by atoms with Crippen LogP contribution in [0.1, 0.15) is 22.3 Å². The first-order valence-electron chi connectivity index (χ1n) is 9.18. The standard InChI is InChI=1S/C21H24N2O3S/c1-14-8-15(2)10-18(9-14)23-20-13-27(25,26)12-19(20)22(21(23)24)11-17-7-5-4-6-16(17)3/h4-10,19-20H,11-13H2,1-3H3/t19-,20-/m0/s1. The van der Waals surface area contributed by atoms with Gasteiger partial charge in [0.25, 0.3) is 0 Å². The van der Waals surface area contributed by atoms with Gasteiger partial charge in [-0.05, 0) is 55.2 Å². The molecule has 2 fully saturated rings. The van der Waals surface area contributed by atoms with Crippen LogP contribution in [0.5, 0.6) is 0 Å². The van der Waals surface area contributed by atoms with Gasteiger partial charge < -0.3 is 4.90 Å². The molecular weight excluding hydrogens is 360 g/mol. The topological polar surface area (TPSA) is 57.7 Å². The van der Waals surface area contributed by atoms with E-state index >= 15 is 0 Å². The first kappa shape index (κ1) is 18.0. The van der Waals surface area contributed by atoms with Crippen molar-refractivity contribution >= 4 is 21.6 Å². The largest absolute Gasteiger partial charge is 0.325 e. The quantitative estimate of drug-likeness (QED) is 0.764. The third-order valence-electron chi connectivity index (χ3n) is 5.56. The lowest BCUT2D eigenvalue weighted by molar-refractivity contribution is 0.205. The van der Waals surface area contributed by atoms with Crippen LogP contribution in [0, 0.1) is 20.8 Å². The highest BCUT2D eigenvalue weighted by Crippen LogP contribution is 2.36. The Morgan fingerprint density at radius 2 is 1.59 bits per heavy atom. The molecule has 0 radical (unpaired) electrons. The van der Waals surface area contributed by atoms with E-state index in [1.165, 1.54) is 0 Å². The summed E-state index contributed by atoms with van der Waals surface area (Å²) < 4.78 is 24.7. The number of fused-ring (bicyclic) bond motifs is 1. The second kappa shape index (κ2) is 6.37. The van der Waals surface area contributed by atoms with Crippen molar-refractivity contribution in [1.29, 1.82) is 0 Å². The zero-order valence-electron chi connectivity index (χ0n) is 15.8. The summed E-state index contributed by atoms with van der Waals surface area (Å²) in [6.07, 6.45) is 0. The fourth-order valence-corrected chi connectivity index (χ4v) is 6.27. The predicted molar refractivity (Wildman–Crippen MR) is 107 cm³/mol. The highest BCUT2D eigenvalue weighted by Gasteiger charge is 2.53. The molecule has 0 unspecified atom stereocenters. The first-order valence-corrected chi connectivity index (χ1v) is 11.0. The Kier molecular flexibility index (Phi) is 4.26. The Bertz CT molecular complexity index is 996. The molecule has 0 saturated carbocycles. The van der Waals surface area contributed by atoms with Crippen molar-refractivity contribution in [3.8, 4) is 0 Å². The minimum absolute atomic E-state index is 0.0284. The number of carbonyl (C=O) groups is 1. The van der Waals surface area contributed by atoms with E-state index in [-0.39, 0.29) is 29.6 Å². The molecule has 6 heteroatoms. The first-order chi connectivity index (χ1) is 12.7. The Hall–Kier alpha value is -2.34. The zero-order chi connectivity index (χ0) is 19.3. The molecule has 4 rings (SSSR count). The molecule has 0 aliphatic carbocycles. The van der Waals surface area contributed by atoms with Gasteiger partial charge in [0.1, 0.15) is 0 Å². The summed E-state index contributed by atoms with van der Waals surface area (Å²) >= 11 is 0. The Morgan fingerprint density at radius 3 is 2.26 bits per heavy atom. The van der Waals surface area contributed by atoms with Crippen molar-refractivity contribution in [3.05, 3.63) is 64.7 Å². The molecule has 2 aliphatic heterocycles. The van der Waals surface area contributed by atoms with Crippen LogP contribution < -0.4 is 4.90 Å². The summed E-state index contributed by atoms with van der Waals surface area (Å²) in [5.74, 6) is 0.0667. The Labute approximate surface area is 160 Å². The van der Waals surface area contributed by atoms with Gasteiger partial charge in [-0.2, -0.15) is 0 Å². The molecule has 2 aliphatic rings. The average Bonchev–Trinajstić information content (AvgIpc) is 2.99. The third-order valence-corrected chi connectivity index (χ3v) is 7.26. The third kappa shape index (κ3) is 3.23. The normalized spacial score (nSPS) is 23.7. The van der Waals surface area contributed by atoms with Gasteiger partial charge in [-0.15, -0.1) is 0 Å². The molecule has 0 aromatic heterocycles. The van der Waals surface area contributed by atoms with Gasteiger partial charge in [0.05, 0.1) is 23.6 Å². The molecule has 2 atom stereocenters. The van der Waals surface area contributed by atoms with Gasteiger partial charge in [0.15, 0.2) is 9.84 Å². The van der Waals surface area contributed by atoms with E-state index < -0.39 is 9.84 Å². The Balaban J connectivity index is 1.75. The number of rotatable bonds is 3. The smallest absolute Gasteiger partial charge is 0.314 e. The summed E-state index contributed by atoms with van der Waals surface area (Å²) in [7, 11) is -3.16. The summed E-state index contributed by atoms with van der Waals surface area (Å²) in [4.78, 5) is 16.8. The van der Waals surface area contributed by atoms with Crippen LogP contribution in [0.4, 0.5) is 10.5 Å². The van der Waals surface area contributed by atoms with E-state index in [1.54, 1.807) is 9.80 Å². The minimum Gasteiger partial charge on any atom is -0.314 e. The lowest BCUT2D eigenvalue weighted by Gasteiger charge is -2.24. The predicted octanol–water partition coefficient (Wildman–Crippen LogP) is 3.22. The van der Waals surface area contributed by atoms with Crippen molar-refractivity contribution in [1.82, 2.24) is 4.90 Å². The number of anilines is 1. The highest BCUT2D eigenvalue weighted by molar-refractivity contribution is 7.91. The van der Waals surface area contributed by atoms with Crippen molar-refractivity contribution in [2.75, 3.05) is 16.4 Å². The molecule has 142 valence electrons. The molecule has 2 aromatic rings. The van der Waals surface area contributed by atoms with E-state index in [9.17, 15) is 13.2 Å². The van der Waals surface area contributed by atoms with Crippen molar-refractivity contribution < 1.29 is 13.2 Å². The molecule has 2 aromatic carbocycles. The van der Waals surface area contributed by atoms with Gasteiger partial charge in [0.2, 0.25) is 0 Å². The molecule has 27 heavy (non-hydrogen) atoms. The fraction of sp³-hybridized carbons (Fsp3) is 0.381. The van der Waals surface area contributed by atoms with E-state index in [4.69, 9.17) is 0 Å². The molecule has 2 saturated heterocycles. The van der Waals surface area contributed by atoms with Gasteiger partial charge in [0, 0.05) is 12.2 Å². The summed E-state index contributed by atoms with van der Waals surface area (Å²) in [6.45, 7) is 6.43. The molecular formula is C21H24N2O3S. The van der Waals surface area contributed by atoms with Crippen molar-refractivity contribution in [2.24, 2.45) is 0 Å². The summed E-state index contributed by atoms with van der Waals surface area (Å²) in [5.41, 5.74) is 5.07. The van der Waals surface area contributed by atoms with Gasteiger partial charge >= 0.3 is 6.03 Å². The van der Waals surface area contributed by atoms with Gasteiger partial charge in [-0.1, -0.05) is 30.3 Å². The van der Waals surface area contributed by atoms with Crippen molar-refractivity contribution in [3.63, 3.8) is 0 Å². The number of hydrogen-bond acceptors (Lipinski definition) is 3. The molecule has 0 bridgehead atoms. The van der Waals surface area contributed by atoms with E-state index in [0.717, 1.165) is 27.9 Å². The van der Waals surface area contributed by atoms with E-state index in [1.807, 2.05) is 57.2 Å². The lowest BCUT2D eigenvalue weighted by atomic mass is 10.1. The Morgan fingerprint density at radius 1 is 0.963 bits per heavy atom. The van der Waals surface area contributed by atoms with Crippen LogP contribution in [0.25, 0.3) is 0 Å². The monoisotopic (exact) mass is 384 g/mol.